The van der Waals surface area contributed by atoms with Crippen molar-refractivity contribution in [1.29, 1.82) is 0 Å². The SMILES string of the molecule is c1ccc2c(c1)CCc1sc(SSc3nc4c(s3)CCc3ccccc3-4)nc1-2. The molecule has 0 unspecified atom stereocenters. The maximum Gasteiger partial charge on any atom is 0.161 e. The van der Waals surface area contributed by atoms with Gasteiger partial charge in [0.15, 0.2) is 8.68 Å². The van der Waals surface area contributed by atoms with Crippen molar-refractivity contribution in [3.05, 3.63) is 69.4 Å². The predicted octanol–water partition coefficient (Wildman–Crippen LogP) is 6.93. The molecular formula is C22H16N2S4. The summed E-state index contributed by atoms with van der Waals surface area (Å²) in [6, 6.07) is 17.4. The van der Waals surface area contributed by atoms with E-state index in [1.165, 1.54) is 43.4 Å². The Kier molecular flexibility index (Phi) is 4.33. The summed E-state index contributed by atoms with van der Waals surface area (Å²) in [4.78, 5) is 12.8. The molecule has 2 aromatic carbocycles. The van der Waals surface area contributed by atoms with Gasteiger partial charge in [-0.2, -0.15) is 0 Å². The number of nitrogens with zero attached hydrogens (tertiary/aromatic N) is 2. The van der Waals surface area contributed by atoms with Crippen LogP contribution in [0, 0.1) is 0 Å². The molecule has 0 N–H and O–H groups in total. The van der Waals surface area contributed by atoms with Crippen molar-refractivity contribution in [2.24, 2.45) is 0 Å². The van der Waals surface area contributed by atoms with E-state index in [1.807, 2.05) is 22.7 Å². The van der Waals surface area contributed by atoms with Crippen LogP contribution in [0.15, 0.2) is 57.2 Å². The Bertz CT molecular complexity index is 1100. The fourth-order valence-corrected chi connectivity index (χ4v) is 8.76. The third-order valence-corrected chi connectivity index (χ3v) is 10.5. The first kappa shape index (κ1) is 17.3. The van der Waals surface area contributed by atoms with Crippen molar-refractivity contribution in [1.82, 2.24) is 9.97 Å². The van der Waals surface area contributed by atoms with Crippen molar-refractivity contribution < 1.29 is 0 Å². The molecule has 0 bridgehead atoms. The van der Waals surface area contributed by atoms with E-state index in [9.17, 15) is 0 Å². The van der Waals surface area contributed by atoms with Crippen molar-refractivity contribution in [3.8, 4) is 22.5 Å². The van der Waals surface area contributed by atoms with Gasteiger partial charge < -0.3 is 0 Å². The Morgan fingerprint density at radius 1 is 0.607 bits per heavy atom. The molecule has 0 fully saturated rings. The Morgan fingerprint density at radius 2 is 1.07 bits per heavy atom. The van der Waals surface area contributed by atoms with Gasteiger partial charge in [-0.15, -0.1) is 22.7 Å². The summed E-state index contributed by atoms with van der Waals surface area (Å²) >= 11 is 3.70. The first-order valence-corrected chi connectivity index (χ1v) is 13.1. The van der Waals surface area contributed by atoms with Crippen LogP contribution in [-0.2, 0) is 25.7 Å². The summed E-state index contributed by atoms with van der Waals surface area (Å²) in [5, 5.41) is 0. The molecule has 0 amide bonds. The van der Waals surface area contributed by atoms with Crippen LogP contribution in [0.3, 0.4) is 0 Å². The van der Waals surface area contributed by atoms with Crippen LogP contribution in [0.25, 0.3) is 22.5 Å². The lowest BCUT2D eigenvalue weighted by molar-refractivity contribution is 0.953. The first-order chi connectivity index (χ1) is 13.8. The monoisotopic (exact) mass is 436 g/mol. The number of thiazole rings is 2. The van der Waals surface area contributed by atoms with Gasteiger partial charge in [-0.3, -0.25) is 0 Å². The van der Waals surface area contributed by atoms with E-state index in [1.54, 1.807) is 21.6 Å². The lowest BCUT2D eigenvalue weighted by Crippen LogP contribution is -2.01. The lowest BCUT2D eigenvalue weighted by Gasteiger charge is -2.13. The molecule has 138 valence electrons. The molecule has 2 aliphatic carbocycles. The molecule has 0 atom stereocenters. The van der Waals surface area contributed by atoms with Gasteiger partial charge in [-0.05, 0) is 58.4 Å². The number of fused-ring (bicyclic) bond motifs is 6. The summed E-state index contributed by atoms with van der Waals surface area (Å²) in [7, 11) is 3.52. The van der Waals surface area contributed by atoms with Gasteiger partial charge >= 0.3 is 0 Å². The predicted molar refractivity (Wildman–Crippen MR) is 122 cm³/mol. The van der Waals surface area contributed by atoms with Crippen LogP contribution in [0.1, 0.15) is 20.9 Å². The van der Waals surface area contributed by atoms with Crippen LogP contribution in [0.4, 0.5) is 0 Å². The number of rotatable bonds is 3. The maximum absolute atomic E-state index is 4.96. The van der Waals surface area contributed by atoms with Gasteiger partial charge in [-0.25, -0.2) is 9.97 Å². The highest BCUT2D eigenvalue weighted by molar-refractivity contribution is 8.77. The summed E-state index contributed by atoms with van der Waals surface area (Å²) in [6.45, 7) is 0. The fourth-order valence-electron chi connectivity index (χ4n) is 4.00. The second kappa shape index (κ2) is 7.02. The molecule has 4 aromatic rings. The number of hydrogen-bond donors (Lipinski definition) is 0. The quantitative estimate of drug-likeness (QED) is 0.325. The molecule has 0 aliphatic heterocycles. The van der Waals surface area contributed by atoms with E-state index in [0.717, 1.165) is 34.4 Å². The van der Waals surface area contributed by atoms with Gasteiger partial charge in [0.25, 0.3) is 0 Å². The minimum atomic E-state index is 1.11. The molecule has 2 aliphatic rings. The van der Waals surface area contributed by atoms with Gasteiger partial charge in [0.1, 0.15) is 0 Å². The topological polar surface area (TPSA) is 25.8 Å². The zero-order chi connectivity index (χ0) is 18.5. The van der Waals surface area contributed by atoms with Crippen LogP contribution in [0.5, 0.6) is 0 Å². The first-order valence-electron chi connectivity index (χ1n) is 9.35. The Morgan fingerprint density at radius 3 is 1.57 bits per heavy atom. The third-order valence-electron chi connectivity index (χ3n) is 5.33. The molecule has 0 saturated heterocycles. The Hall–Kier alpha value is -1.60. The van der Waals surface area contributed by atoms with E-state index in [2.05, 4.69) is 48.5 Å². The maximum atomic E-state index is 4.96. The summed E-state index contributed by atoms with van der Waals surface area (Å²) in [5.74, 6) is 0. The molecule has 6 heteroatoms. The van der Waals surface area contributed by atoms with Crippen LogP contribution >= 0.6 is 44.3 Å². The summed E-state index contributed by atoms with van der Waals surface area (Å²) < 4.78 is 2.28. The molecular weight excluding hydrogens is 421 g/mol. The minimum absolute atomic E-state index is 1.11. The molecule has 0 spiro atoms. The Balaban J connectivity index is 1.25. The van der Waals surface area contributed by atoms with E-state index < -0.39 is 0 Å². The van der Waals surface area contributed by atoms with Crippen LogP contribution in [-0.4, -0.2) is 9.97 Å². The molecule has 2 aromatic heterocycles. The minimum Gasteiger partial charge on any atom is -0.228 e. The van der Waals surface area contributed by atoms with E-state index in [-0.39, 0.29) is 0 Å². The second-order valence-electron chi connectivity index (χ2n) is 6.98. The molecule has 28 heavy (non-hydrogen) atoms. The molecule has 0 saturated carbocycles. The van der Waals surface area contributed by atoms with E-state index in [4.69, 9.17) is 9.97 Å². The van der Waals surface area contributed by atoms with Crippen molar-refractivity contribution in [2.75, 3.05) is 0 Å². The highest BCUT2D eigenvalue weighted by Gasteiger charge is 2.23. The zero-order valence-corrected chi connectivity index (χ0v) is 18.2. The third kappa shape index (κ3) is 2.94. The normalized spacial score (nSPS) is 14.1. The highest BCUT2D eigenvalue weighted by atomic mass is 33.1. The lowest BCUT2D eigenvalue weighted by atomic mass is 9.94. The number of aromatic nitrogens is 2. The second-order valence-corrected chi connectivity index (χ2v) is 11.8. The van der Waals surface area contributed by atoms with Crippen molar-refractivity contribution in [2.45, 2.75) is 34.4 Å². The highest BCUT2D eigenvalue weighted by Crippen LogP contribution is 2.47. The average Bonchev–Trinajstić information content (AvgIpc) is 3.36. The van der Waals surface area contributed by atoms with Crippen LogP contribution < -0.4 is 0 Å². The number of hydrogen-bond acceptors (Lipinski definition) is 6. The van der Waals surface area contributed by atoms with Gasteiger partial charge in [0.2, 0.25) is 0 Å². The molecule has 2 heterocycles. The molecule has 6 rings (SSSR count). The average molecular weight is 437 g/mol. The number of benzene rings is 2. The number of aryl methyl sites for hydroxylation is 4. The molecule has 2 nitrogen and oxygen atoms in total. The van der Waals surface area contributed by atoms with Gasteiger partial charge in [0, 0.05) is 20.9 Å². The Labute approximate surface area is 179 Å². The van der Waals surface area contributed by atoms with Gasteiger partial charge in [-0.1, -0.05) is 48.5 Å². The smallest absolute Gasteiger partial charge is 0.161 e. The van der Waals surface area contributed by atoms with E-state index in [0.29, 0.717) is 0 Å². The van der Waals surface area contributed by atoms with Crippen molar-refractivity contribution in [3.63, 3.8) is 0 Å². The van der Waals surface area contributed by atoms with Crippen molar-refractivity contribution >= 4 is 44.3 Å². The van der Waals surface area contributed by atoms with Crippen LogP contribution in [0.2, 0.25) is 0 Å². The van der Waals surface area contributed by atoms with Gasteiger partial charge in [0.05, 0.1) is 11.4 Å². The van der Waals surface area contributed by atoms with E-state index >= 15 is 0 Å². The summed E-state index contributed by atoms with van der Waals surface area (Å²) in [5.41, 5.74) is 7.88. The fraction of sp³-hybridized carbons (Fsp3) is 0.182. The largest absolute Gasteiger partial charge is 0.228 e. The standard InChI is InChI=1S/C22H16N2S4/c1-3-7-15-13(5-1)9-11-17-19(15)23-21(25-17)27-28-22-24-20-16-8-4-2-6-14(16)10-12-18(20)26-22/h1-8H,9-12H2. The summed E-state index contributed by atoms with van der Waals surface area (Å²) in [6.07, 6.45) is 4.47. The zero-order valence-electron chi connectivity index (χ0n) is 15.0. The molecule has 0 radical (unpaired) electrons.